The van der Waals surface area contributed by atoms with Gasteiger partial charge in [0.15, 0.2) is 11.5 Å². The van der Waals surface area contributed by atoms with Gasteiger partial charge >= 0.3 is 0 Å². The quantitative estimate of drug-likeness (QED) is 0.657. The lowest BCUT2D eigenvalue weighted by molar-refractivity contribution is 0.0672. The molecule has 4 rings (SSSR count). The molecule has 0 spiro atoms. The summed E-state index contributed by atoms with van der Waals surface area (Å²) in [5.74, 6) is 2.05. The molecule has 3 aromatic rings. The van der Waals surface area contributed by atoms with Crippen molar-refractivity contribution in [3.63, 3.8) is 0 Å². The maximum atomic E-state index is 12.9. The Balaban J connectivity index is 1.52. The fraction of sp³-hybridized carbons (Fsp3) is 0.474. The summed E-state index contributed by atoms with van der Waals surface area (Å²) >= 11 is 1.31. The Morgan fingerprint density at radius 3 is 3.07 bits per heavy atom. The smallest absolute Gasteiger partial charge is 0.289 e. The van der Waals surface area contributed by atoms with Crippen molar-refractivity contribution < 1.29 is 13.7 Å². The normalized spacial score (nSPS) is 17.4. The van der Waals surface area contributed by atoms with E-state index in [1.54, 1.807) is 6.07 Å². The van der Waals surface area contributed by atoms with Crippen molar-refractivity contribution in [3.05, 3.63) is 41.1 Å². The molecule has 8 heteroatoms. The molecule has 0 saturated carbocycles. The zero-order valence-electron chi connectivity index (χ0n) is 15.5. The van der Waals surface area contributed by atoms with Crippen LogP contribution in [-0.2, 0) is 6.42 Å². The van der Waals surface area contributed by atoms with Crippen molar-refractivity contribution >= 4 is 17.4 Å². The first kappa shape index (κ1) is 17.9. The molecular formula is C19H22N4O3S. The number of piperidine rings is 1. The molecule has 7 nitrogen and oxygen atoms in total. The maximum absolute atomic E-state index is 12.9. The third-order valence-electron chi connectivity index (χ3n) is 4.83. The van der Waals surface area contributed by atoms with Gasteiger partial charge in [-0.25, -0.2) is 0 Å². The Labute approximate surface area is 161 Å². The minimum Gasteiger partial charge on any atom is -0.456 e. The van der Waals surface area contributed by atoms with E-state index >= 15 is 0 Å². The van der Waals surface area contributed by atoms with Crippen molar-refractivity contribution in [2.24, 2.45) is 0 Å². The molecule has 0 bridgehead atoms. The Hall–Kier alpha value is -2.48. The van der Waals surface area contributed by atoms with Gasteiger partial charge in [-0.15, -0.1) is 5.10 Å². The molecule has 1 fully saturated rings. The van der Waals surface area contributed by atoms with Crippen LogP contribution in [-0.4, -0.2) is 38.6 Å². The standard InChI is InChI=1S/C19H22N4O3S/c1-3-5-14-7-8-15(25-14)19(24)23-9-4-6-13(11-23)17-18(27-22-20-17)16-10-12(2)21-26-16/h7-8,10,13H,3-6,9,11H2,1-2H3. The van der Waals surface area contributed by atoms with Crippen LogP contribution in [0.25, 0.3) is 10.6 Å². The Kier molecular flexibility index (Phi) is 5.07. The molecule has 1 aliphatic heterocycles. The summed E-state index contributed by atoms with van der Waals surface area (Å²) in [7, 11) is 0. The molecular weight excluding hydrogens is 364 g/mol. The minimum absolute atomic E-state index is 0.0534. The third kappa shape index (κ3) is 3.66. The van der Waals surface area contributed by atoms with Crippen molar-refractivity contribution in [1.82, 2.24) is 19.6 Å². The maximum Gasteiger partial charge on any atom is 0.289 e. The molecule has 1 saturated heterocycles. The largest absolute Gasteiger partial charge is 0.456 e. The molecule has 1 amide bonds. The second-order valence-electron chi connectivity index (χ2n) is 6.93. The highest BCUT2D eigenvalue weighted by Gasteiger charge is 2.31. The van der Waals surface area contributed by atoms with Gasteiger partial charge in [-0.2, -0.15) is 0 Å². The van der Waals surface area contributed by atoms with Crippen LogP contribution in [0.15, 0.2) is 27.1 Å². The predicted octanol–water partition coefficient (Wildman–Crippen LogP) is 4.07. The zero-order valence-corrected chi connectivity index (χ0v) is 16.3. The van der Waals surface area contributed by atoms with Crippen LogP contribution in [0.3, 0.4) is 0 Å². The van der Waals surface area contributed by atoms with E-state index < -0.39 is 0 Å². The summed E-state index contributed by atoms with van der Waals surface area (Å²) in [6.07, 6.45) is 3.73. The number of carbonyl (C=O) groups is 1. The van der Waals surface area contributed by atoms with E-state index in [0.29, 0.717) is 18.1 Å². The average Bonchev–Trinajstić information content (AvgIpc) is 3.41. The highest BCUT2D eigenvalue weighted by molar-refractivity contribution is 7.09. The number of rotatable bonds is 5. The molecule has 0 radical (unpaired) electrons. The lowest BCUT2D eigenvalue weighted by Gasteiger charge is -2.31. The van der Waals surface area contributed by atoms with Crippen molar-refractivity contribution in [2.45, 2.75) is 45.4 Å². The molecule has 3 aromatic heterocycles. The van der Waals surface area contributed by atoms with Crippen molar-refractivity contribution in [2.75, 3.05) is 13.1 Å². The SMILES string of the molecule is CCCc1ccc(C(=O)N2CCCC(c3nnsc3-c3cc(C)no3)C2)o1. The van der Waals surface area contributed by atoms with Crippen LogP contribution in [0, 0.1) is 6.92 Å². The van der Waals surface area contributed by atoms with E-state index in [-0.39, 0.29) is 11.8 Å². The summed E-state index contributed by atoms with van der Waals surface area (Å²) in [5.41, 5.74) is 1.71. The lowest BCUT2D eigenvalue weighted by Crippen LogP contribution is -2.39. The first-order valence-electron chi connectivity index (χ1n) is 9.29. The van der Waals surface area contributed by atoms with Gasteiger partial charge in [0, 0.05) is 31.5 Å². The van der Waals surface area contributed by atoms with Crippen molar-refractivity contribution in [3.8, 4) is 10.6 Å². The van der Waals surface area contributed by atoms with Crippen LogP contribution in [0.2, 0.25) is 0 Å². The number of aryl methyl sites for hydroxylation is 2. The highest BCUT2D eigenvalue weighted by atomic mass is 32.1. The number of furan rings is 1. The zero-order chi connectivity index (χ0) is 18.8. The topological polar surface area (TPSA) is 85.3 Å². The van der Waals surface area contributed by atoms with Gasteiger partial charge in [-0.1, -0.05) is 16.6 Å². The Morgan fingerprint density at radius 2 is 2.30 bits per heavy atom. The second-order valence-corrected chi connectivity index (χ2v) is 7.68. The number of aromatic nitrogens is 3. The molecule has 0 aromatic carbocycles. The van der Waals surface area contributed by atoms with E-state index in [4.69, 9.17) is 8.94 Å². The number of hydrogen-bond donors (Lipinski definition) is 0. The first-order valence-corrected chi connectivity index (χ1v) is 10.1. The van der Waals surface area contributed by atoms with E-state index in [9.17, 15) is 4.79 Å². The van der Waals surface area contributed by atoms with Crippen LogP contribution in [0.4, 0.5) is 0 Å². The van der Waals surface area contributed by atoms with Crippen molar-refractivity contribution in [1.29, 1.82) is 0 Å². The fourth-order valence-electron chi connectivity index (χ4n) is 3.52. The fourth-order valence-corrected chi connectivity index (χ4v) is 4.22. The van der Waals surface area contributed by atoms with Gasteiger partial charge in [-0.05, 0) is 49.9 Å². The van der Waals surface area contributed by atoms with E-state index in [1.807, 2.05) is 24.0 Å². The van der Waals surface area contributed by atoms with Gasteiger partial charge < -0.3 is 13.8 Å². The number of carbonyl (C=O) groups excluding carboxylic acids is 1. The molecule has 0 aliphatic carbocycles. The molecule has 1 atom stereocenters. The molecule has 27 heavy (non-hydrogen) atoms. The highest BCUT2D eigenvalue weighted by Crippen LogP contribution is 2.35. The second kappa shape index (κ2) is 7.64. The average molecular weight is 386 g/mol. The minimum atomic E-state index is -0.0534. The number of amides is 1. The molecule has 4 heterocycles. The molecule has 142 valence electrons. The molecule has 0 N–H and O–H groups in total. The van der Waals surface area contributed by atoms with Gasteiger partial charge in [-0.3, -0.25) is 4.79 Å². The molecule has 1 unspecified atom stereocenters. The van der Waals surface area contributed by atoms with Crippen LogP contribution in [0.5, 0.6) is 0 Å². The molecule has 1 aliphatic rings. The summed E-state index contributed by atoms with van der Waals surface area (Å²) in [6.45, 7) is 5.31. The van der Waals surface area contributed by atoms with Gasteiger partial charge in [0.1, 0.15) is 10.6 Å². The van der Waals surface area contributed by atoms with E-state index in [1.165, 1.54) is 11.5 Å². The van der Waals surface area contributed by atoms with Gasteiger partial charge in [0.2, 0.25) is 0 Å². The monoisotopic (exact) mass is 386 g/mol. The third-order valence-corrected chi connectivity index (χ3v) is 5.59. The Morgan fingerprint density at radius 1 is 1.41 bits per heavy atom. The summed E-state index contributed by atoms with van der Waals surface area (Å²) < 4.78 is 15.2. The Bertz CT molecular complexity index is 929. The summed E-state index contributed by atoms with van der Waals surface area (Å²) in [6, 6.07) is 5.57. The van der Waals surface area contributed by atoms with Gasteiger partial charge in [0.05, 0.1) is 11.4 Å². The van der Waals surface area contributed by atoms with E-state index in [2.05, 4.69) is 21.7 Å². The van der Waals surface area contributed by atoms with Crippen LogP contribution in [0.1, 0.15) is 59.8 Å². The number of likely N-dealkylation sites (tertiary alicyclic amines) is 1. The number of nitrogens with zero attached hydrogens (tertiary/aromatic N) is 4. The van der Waals surface area contributed by atoms with Crippen LogP contribution >= 0.6 is 11.5 Å². The first-order chi connectivity index (χ1) is 13.2. The summed E-state index contributed by atoms with van der Waals surface area (Å²) in [4.78, 5) is 15.6. The van der Waals surface area contributed by atoms with Gasteiger partial charge in [0.25, 0.3) is 5.91 Å². The van der Waals surface area contributed by atoms with Crippen LogP contribution < -0.4 is 0 Å². The lowest BCUT2D eigenvalue weighted by atomic mass is 9.93. The summed E-state index contributed by atoms with van der Waals surface area (Å²) in [5, 5.41) is 8.30. The predicted molar refractivity (Wildman–Crippen MR) is 101 cm³/mol. The number of hydrogen-bond acceptors (Lipinski definition) is 7. The van der Waals surface area contributed by atoms with E-state index in [0.717, 1.165) is 54.3 Å².